The number of nitrogens with one attached hydrogen (secondary N) is 1. The highest BCUT2D eigenvalue weighted by Crippen LogP contribution is 2.34. The van der Waals surface area contributed by atoms with Crippen molar-refractivity contribution in [1.29, 1.82) is 0 Å². The van der Waals surface area contributed by atoms with Crippen LogP contribution in [0.1, 0.15) is 38.3 Å². The Hall–Kier alpha value is -1.26. The van der Waals surface area contributed by atoms with Gasteiger partial charge in [-0.2, -0.15) is 0 Å². The van der Waals surface area contributed by atoms with E-state index in [0.717, 1.165) is 49.6 Å². The quantitative estimate of drug-likeness (QED) is 0.748. The van der Waals surface area contributed by atoms with E-state index in [2.05, 4.69) is 38.2 Å². The zero-order valence-electron chi connectivity index (χ0n) is 13.6. The van der Waals surface area contributed by atoms with Gasteiger partial charge >= 0.3 is 0 Å². The summed E-state index contributed by atoms with van der Waals surface area (Å²) < 4.78 is 16.8. The lowest BCUT2D eigenvalue weighted by Gasteiger charge is -2.12. The molecule has 118 valence electrons. The van der Waals surface area contributed by atoms with Crippen molar-refractivity contribution >= 4 is 0 Å². The molecule has 1 aliphatic rings. The van der Waals surface area contributed by atoms with Gasteiger partial charge in [-0.1, -0.05) is 0 Å². The average Bonchev–Trinajstić information content (AvgIpc) is 2.80. The first kappa shape index (κ1) is 16.1. The highest BCUT2D eigenvalue weighted by Gasteiger charge is 2.21. The zero-order valence-corrected chi connectivity index (χ0v) is 13.6. The third-order valence-corrected chi connectivity index (χ3v) is 3.56. The van der Waals surface area contributed by atoms with Crippen molar-refractivity contribution < 1.29 is 14.2 Å². The molecule has 1 aromatic rings. The summed E-state index contributed by atoms with van der Waals surface area (Å²) in [5.74, 6) is 1.95. The summed E-state index contributed by atoms with van der Waals surface area (Å²) in [6.07, 6.45) is 2.55. The van der Waals surface area contributed by atoms with Crippen molar-refractivity contribution in [2.45, 2.75) is 52.4 Å². The number of benzene rings is 1. The summed E-state index contributed by atoms with van der Waals surface area (Å²) in [6.45, 7) is 8.74. The van der Waals surface area contributed by atoms with Crippen LogP contribution in [0.15, 0.2) is 12.1 Å². The van der Waals surface area contributed by atoms with Gasteiger partial charge in [-0.05, 0) is 45.9 Å². The Bertz CT molecular complexity index is 460. The van der Waals surface area contributed by atoms with Crippen molar-refractivity contribution in [2.75, 3.05) is 20.3 Å². The predicted octanol–water partition coefficient (Wildman–Crippen LogP) is 2.92. The van der Waals surface area contributed by atoms with Crippen LogP contribution < -0.4 is 14.8 Å². The van der Waals surface area contributed by atoms with Crippen LogP contribution in [0.5, 0.6) is 11.5 Å². The molecule has 1 unspecified atom stereocenters. The Morgan fingerprint density at radius 3 is 2.90 bits per heavy atom. The first-order valence-electron chi connectivity index (χ1n) is 7.79. The van der Waals surface area contributed by atoms with Gasteiger partial charge in [-0.25, -0.2) is 0 Å². The third-order valence-electron chi connectivity index (χ3n) is 3.56. The summed E-state index contributed by atoms with van der Waals surface area (Å²) in [4.78, 5) is 0. The van der Waals surface area contributed by atoms with Gasteiger partial charge in [-0.15, -0.1) is 0 Å². The standard InChI is InChI=1S/C17H27NO3/c1-12(2)20-7-5-6-18-11-15-10-17-14(8-13(3)21-17)9-16(15)19-4/h9-10,12-13,18H,5-8,11H2,1-4H3. The lowest BCUT2D eigenvalue weighted by Crippen LogP contribution is -2.17. The maximum absolute atomic E-state index is 5.81. The Morgan fingerprint density at radius 1 is 1.38 bits per heavy atom. The number of hydrogen-bond acceptors (Lipinski definition) is 4. The maximum Gasteiger partial charge on any atom is 0.123 e. The summed E-state index contributed by atoms with van der Waals surface area (Å²) in [5.41, 5.74) is 2.39. The number of hydrogen-bond donors (Lipinski definition) is 1. The SMILES string of the molecule is COc1cc2c(cc1CNCCCOC(C)C)OC(C)C2. The topological polar surface area (TPSA) is 39.7 Å². The number of fused-ring (bicyclic) bond motifs is 1. The minimum atomic E-state index is 0.265. The zero-order chi connectivity index (χ0) is 15.2. The van der Waals surface area contributed by atoms with Crippen molar-refractivity contribution in [1.82, 2.24) is 5.32 Å². The lowest BCUT2D eigenvalue weighted by atomic mass is 10.1. The highest BCUT2D eigenvalue weighted by molar-refractivity contribution is 5.48. The molecule has 21 heavy (non-hydrogen) atoms. The smallest absolute Gasteiger partial charge is 0.123 e. The minimum Gasteiger partial charge on any atom is -0.496 e. The largest absolute Gasteiger partial charge is 0.496 e. The van der Waals surface area contributed by atoms with Crippen molar-refractivity contribution in [3.05, 3.63) is 23.3 Å². The van der Waals surface area contributed by atoms with E-state index in [0.29, 0.717) is 6.10 Å². The van der Waals surface area contributed by atoms with Gasteiger partial charge in [0.15, 0.2) is 0 Å². The first-order valence-corrected chi connectivity index (χ1v) is 7.79. The Kier molecular flexibility index (Phi) is 5.88. The molecule has 1 atom stereocenters. The van der Waals surface area contributed by atoms with Crippen LogP contribution in [0.4, 0.5) is 0 Å². The molecule has 0 fully saturated rings. The van der Waals surface area contributed by atoms with Crippen LogP contribution in [-0.4, -0.2) is 32.5 Å². The van der Waals surface area contributed by atoms with Crippen molar-refractivity contribution in [3.63, 3.8) is 0 Å². The minimum absolute atomic E-state index is 0.265. The van der Waals surface area contributed by atoms with Crippen LogP contribution in [0.25, 0.3) is 0 Å². The van der Waals surface area contributed by atoms with Crippen LogP contribution in [-0.2, 0) is 17.7 Å². The summed E-state index contributed by atoms with van der Waals surface area (Å²) in [7, 11) is 1.72. The van der Waals surface area contributed by atoms with Crippen LogP contribution >= 0.6 is 0 Å². The molecular weight excluding hydrogens is 266 g/mol. The molecule has 0 aromatic heterocycles. The molecule has 1 aliphatic heterocycles. The Morgan fingerprint density at radius 2 is 2.19 bits per heavy atom. The molecule has 1 heterocycles. The van der Waals surface area contributed by atoms with Crippen LogP contribution in [0.2, 0.25) is 0 Å². The molecule has 0 amide bonds. The van der Waals surface area contributed by atoms with E-state index >= 15 is 0 Å². The average molecular weight is 293 g/mol. The lowest BCUT2D eigenvalue weighted by molar-refractivity contribution is 0.0770. The molecule has 1 N–H and O–H groups in total. The van der Waals surface area contributed by atoms with E-state index in [1.165, 1.54) is 5.56 Å². The molecule has 0 spiro atoms. The molecule has 0 radical (unpaired) electrons. The number of ether oxygens (including phenoxy) is 3. The van der Waals surface area contributed by atoms with E-state index in [1.54, 1.807) is 7.11 Å². The highest BCUT2D eigenvalue weighted by atomic mass is 16.5. The normalized spacial score (nSPS) is 16.9. The summed E-state index contributed by atoms with van der Waals surface area (Å²) >= 11 is 0. The van der Waals surface area contributed by atoms with Gasteiger partial charge in [0.25, 0.3) is 0 Å². The molecular formula is C17H27NO3. The van der Waals surface area contributed by atoms with Crippen LogP contribution in [0, 0.1) is 0 Å². The first-order chi connectivity index (χ1) is 10.1. The molecule has 4 nitrogen and oxygen atoms in total. The second kappa shape index (κ2) is 7.66. The fourth-order valence-corrected chi connectivity index (χ4v) is 2.55. The van der Waals surface area contributed by atoms with Gasteiger partial charge < -0.3 is 19.5 Å². The maximum atomic E-state index is 5.81. The Labute approximate surface area is 127 Å². The van der Waals surface area contributed by atoms with E-state index in [1.807, 2.05) is 0 Å². The van der Waals surface area contributed by atoms with Gasteiger partial charge in [0.2, 0.25) is 0 Å². The molecule has 0 saturated carbocycles. The molecule has 0 bridgehead atoms. The van der Waals surface area contributed by atoms with Crippen LogP contribution in [0.3, 0.4) is 0 Å². The Balaban J connectivity index is 1.84. The van der Waals surface area contributed by atoms with E-state index in [4.69, 9.17) is 14.2 Å². The number of methoxy groups -OCH3 is 1. The molecule has 2 rings (SSSR count). The van der Waals surface area contributed by atoms with Gasteiger partial charge in [0.05, 0.1) is 13.2 Å². The number of rotatable bonds is 8. The van der Waals surface area contributed by atoms with Gasteiger partial charge in [0, 0.05) is 30.7 Å². The summed E-state index contributed by atoms with van der Waals surface area (Å²) in [5, 5.41) is 3.44. The van der Waals surface area contributed by atoms with Gasteiger partial charge in [-0.3, -0.25) is 0 Å². The van der Waals surface area contributed by atoms with Gasteiger partial charge in [0.1, 0.15) is 17.6 Å². The summed E-state index contributed by atoms with van der Waals surface area (Å²) in [6, 6.07) is 4.22. The molecule has 1 aromatic carbocycles. The van der Waals surface area contributed by atoms with E-state index in [-0.39, 0.29) is 6.10 Å². The fraction of sp³-hybridized carbons (Fsp3) is 0.647. The van der Waals surface area contributed by atoms with Crippen molar-refractivity contribution in [3.8, 4) is 11.5 Å². The molecule has 4 heteroatoms. The van der Waals surface area contributed by atoms with Crippen molar-refractivity contribution in [2.24, 2.45) is 0 Å². The third kappa shape index (κ3) is 4.61. The monoisotopic (exact) mass is 293 g/mol. The fourth-order valence-electron chi connectivity index (χ4n) is 2.55. The molecule has 0 aliphatic carbocycles. The predicted molar refractivity (Wildman–Crippen MR) is 84.2 cm³/mol. The van der Waals surface area contributed by atoms with E-state index < -0.39 is 0 Å². The van der Waals surface area contributed by atoms with E-state index in [9.17, 15) is 0 Å². The second-order valence-corrected chi connectivity index (χ2v) is 5.85. The molecule has 0 saturated heterocycles. The second-order valence-electron chi connectivity index (χ2n) is 5.85.